The number of carboxylic acids is 1. The normalized spacial score (nSPS) is 17.9. The van der Waals surface area contributed by atoms with Gasteiger partial charge in [0, 0.05) is 6.07 Å². The molecule has 0 amide bonds. The van der Waals surface area contributed by atoms with E-state index in [2.05, 4.69) is 0 Å². The summed E-state index contributed by atoms with van der Waals surface area (Å²) in [6, 6.07) is 5.93. The smallest absolute Gasteiger partial charge is 0.309 e. The molecule has 0 bridgehead atoms. The summed E-state index contributed by atoms with van der Waals surface area (Å²) in [5, 5.41) is 9.41. The number of carbonyl (C=O) groups is 1. The van der Waals surface area contributed by atoms with E-state index in [1.807, 2.05) is 0 Å². The van der Waals surface area contributed by atoms with Gasteiger partial charge in [-0.2, -0.15) is 0 Å². The number of ether oxygens (including phenoxy) is 1. The molecule has 104 valence electrons. The van der Waals surface area contributed by atoms with Crippen LogP contribution in [-0.4, -0.2) is 17.7 Å². The summed E-state index contributed by atoms with van der Waals surface area (Å²) in [4.78, 5) is 11.5. The molecule has 0 spiro atoms. The molecule has 0 aliphatic heterocycles. The molecule has 1 saturated carbocycles. The second-order valence-corrected chi connectivity index (χ2v) is 5.20. The molecule has 0 radical (unpaired) electrons. The van der Waals surface area contributed by atoms with Crippen molar-refractivity contribution >= 4 is 5.97 Å². The van der Waals surface area contributed by atoms with E-state index in [0.29, 0.717) is 18.8 Å². The van der Waals surface area contributed by atoms with Gasteiger partial charge in [0.2, 0.25) is 0 Å². The summed E-state index contributed by atoms with van der Waals surface area (Å²) in [7, 11) is 0. The van der Waals surface area contributed by atoms with Gasteiger partial charge in [0.1, 0.15) is 11.6 Å². The van der Waals surface area contributed by atoms with Crippen LogP contribution in [-0.2, 0) is 4.79 Å². The molecule has 0 atom stereocenters. The Morgan fingerprint density at radius 3 is 2.68 bits per heavy atom. The molecule has 1 N–H and O–H groups in total. The lowest BCUT2D eigenvalue weighted by Crippen LogP contribution is -2.34. The lowest BCUT2D eigenvalue weighted by molar-refractivity contribution is -0.152. The van der Waals surface area contributed by atoms with Gasteiger partial charge in [0.05, 0.1) is 12.0 Å². The van der Waals surface area contributed by atoms with E-state index in [1.54, 1.807) is 12.1 Å². The first kappa shape index (κ1) is 13.8. The molecule has 1 aromatic rings. The molecule has 1 fully saturated rings. The fourth-order valence-corrected chi connectivity index (χ4v) is 2.72. The van der Waals surface area contributed by atoms with Crippen molar-refractivity contribution in [3.63, 3.8) is 0 Å². The Morgan fingerprint density at radius 2 is 2.05 bits per heavy atom. The summed E-state index contributed by atoms with van der Waals surface area (Å²) in [6.07, 6.45) is 4.96. The third-order valence-corrected chi connectivity index (χ3v) is 3.91. The van der Waals surface area contributed by atoms with Crippen LogP contribution in [0.2, 0.25) is 0 Å². The zero-order valence-electron chi connectivity index (χ0n) is 10.9. The molecule has 3 nitrogen and oxygen atoms in total. The van der Waals surface area contributed by atoms with E-state index in [4.69, 9.17) is 4.74 Å². The number of benzene rings is 1. The minimum absolute atomic E-state index is 0.315. The van der Waals surface area contributed by atoms with E-state index >= 15 is 0 Å². The van der Waals surface area contributed by atoms with Crippen molar-refractivity contribution < 1.29 is 19.0 Å². The number of hydrogen-bond donors (Lipinski definition) is 1. The van der Waals surface area contributed by atoms with Crippen LogP contribution in [0, 0.1) is 11.2 Å². The highest BCUT2D eigenvalue weighted by Crippen LogP contribution is 2.39. The van der Waals surface area contributed by atoms with Crippen molar-refractivity contribution in [2.45, 2.75) is 38.5 Å². The van der Waals surface area contributed by atoms with Crippen LogP contribution in [0.5, 0.6) is 5.75 Å². The van der Waals surface area contributed by atoms with Gasteiger partial charge in [-0.3, -0.25) is 4.79 Å². The van der Waals surface area contributed by atoms with Crippen molar-refractivity contribution in [2.24, 2.45) is 5.41 Å². The molecule has 19 heavy (non-hydrogen) atoms. The van der Waals surface area contributed by atoms with Crippen molar-refractivity contribution in [2.75, 3.05) is 6.61 Å². The lowest BCUT2D eigenvalue weighted by Gasteiger charge is -2.33. The SMILES string of the molecule is O=C(O)C1(CCOc2cccc(F)c2)CCCCC1. The van der Waals surface area contributed by atoms with Gasteiger partial charge >= 0.3 is 5.97 Å². The molecule has 1 aliphatic rings. The molecule has 2 rings (SSSR count). The molecule has 1 aliphatic carbocycles. The van der Waals surface area contributed by atoms with E-state index < -0.39 is 11.4 Å². The van der Waals surface area contributed by atoms with Gasteiger partial charge in [-0.05, 0) is 31.4 Å². The molecular weight excluding hydrogens is 247 g/mol. The van der Waals surface area contributed by atoms with Crippen molar-refractivity contribution in [1.82, 2.24) is 0 Å². The molecular formula is C15H19FO3. The van der Waals surface area contributed by atoms with Gasteiger partial charge < -0.3 is 9.84 Å². The average molecular weight is 266 g/mol. The van der Waals surface area contributed by atoms with Crippen LogP contribution >= 0.6 is 0 Å². The summed E-state index contributed by atoms with van der Waals surface area (Å²) >= 11 is 0. The van der Waals surface area contributed by atoms with Crippen molar-refractivity contribution in [3.8, 4) is 5.75 Å². The largest absolute Gasteiger partial charge is 0.493 e. The maximum Gasteiger partial charge on any atom is 0.309 e. The van der Waals surface area contributed by atoms with E-state index in [0.717, 1.165) is 32.1 Å². The standard InChI is InChI=1S/C15H19FO3/c16-12-5-4-6-13(11-12)19-10-9-15(14(17)18)7-2-1-3-8-15/h4-6,11H,1-3,7-10H2,(H,17,18). The van der Waals surface area contributed by atoms with Gasteiger partial charge in [0.15, 0.2) is 0 Å². The monoisotopic (exact) mass is 266 g/mol. The van der Waals surface area contributed by atoms with Gasteiger partial charge in [-0.25, -0.2) is 4.39 Å². The minimum Gasteiger partial charge on any atom is -0.493 e. The fourth-order valence-electron chi connectivity index (χ4n) is 2.72. The Hall–Kier alpha value is -1.58. The topological polar surface area (TPSA) is 46.5 Å². The van der Waals surface area contributed by atoms with Crippen LogP contribution in [0.25, 0.3) is 0 Å². The fraction of sp³-hybridized carbons (Fsp3) is 0.533. The van der Waals surface area contributed by atoms with Gasteiger partial charge in [-0.1, -0.05) is 25.3 Å². The maximum atomic E-state index is 13.0. The third kappa shape index (κ3) is 3.46. The summed E-state index contributed by atoms with van der Waals surface area (Å²) < 4.78 is 18.4. The Balaban J connectivity index is 1.91. The first-order valence-corrected chi connectivity index (χ1v) is 6.74. The van der Waals surface area contributed by atoms with E-state index in [9.17, 15) is 14.3 Å². The highest BCUT2D eigenvalue weighted by Gasteiger charge is 2.39. The molecule has 0 saturated heterocycles. The van der Waals surface area contributed by atoms with Crippen LogP contribution in [0.15, 0.2) is 24.3 Å². The van der Waals surface area contributed by atoms with Crippen LogP contribution < -0.4 is 4.74 Å². The highest BCUT2D eigenvalue weighted by atomic mass is 19.1. The first-order chi connectivity index (χ1) is 9.12. The van der Waals surface area contributed by atoms with Crippen LogP contribution in [0.4, 0.5) is 4.39 Å². The second kappa shape index (κ2) is 6.04. The highest BCUT2D eigenvalue weighted by molar-refractivity contribution is 5.74. The predicted molar refractivity (Wildman–Crippen MR) is 69.7 cm³/mol. The predicted octanol–water partition coefficient (Wildman–Crippen LogP) is 3.63. The van der Waals surface area contributed by atoms with Crippen molar-refractivity contribution in [1.29, 1.82) is 0 Å². The summed E-state index contributed by atoms with van der Waals surface area (Å²) in [6.45, 7) is 0.315. The first-order valence-electron chi connectivity index (χ1n) is 6.74. The van der Waals surface area contributed by atoms with Crippen LogP contribution in [0.1, 0.15) is 38.5 Å². The molecule has 1 aromatic carbocycles. The Morgan fingerprint density at radius 1 is 1.32 bits per heavy atom. The van der Waals surface area contributed by atoms with Gasteiger partial charge in [-0.15, -0.1) is 0 Å². The number of hydrogen-bond acceptors (Lipinski definition) is 2. The van der Waals surface area contributed by atoms with Crippen LogP contribution in [0.3, 0.4) is 0 Å². The summed E-state index contributed by atoms with van der Waals surface area (Å²) in [5.41, 5.74) is -0.647. The second-order valence-electron chi connectivity index (χ2n) is 5.20. The Kier molecular flexibility index (Phi) is 4.40. The number of carboxylic acid groups (broad SMARTS) is 1. The number of rotatable bonds is 5. The average Bonchev–Trinajstić information content (AvgIpc) is 2.40. The number of halogens is 1. The quantitative estimate of drug-likeness (QED) is 0.885. The van der Waals surface area contributed by atoms with Crippen molar-refractivity contribution in [3.05, 3.63) is 30.1 Å². The molecule has 4 heteroatoms. The zero-order chi connectivity index (χ0) is 13.7. The maximum absolute atomic E-state index is 13.0. The lowest BCUT2D eigenvalue weighted by atomic mass is 9.72. The van der Waals surface area contributed by atoms with E-state index in [-0.39, 0.29) is 5.82 Å². The molecule has 0 heterocycles. The number of aliphatic carboxylic acids is 1. The third-order valence-electron chi connectivity index (χ3n) is 3.91. The molecule has 0 aromatic heterocycles. The molecule has 0 unspecified atom stereocenters. The summed E-state index contributed by atoms with van der Waals surface area (Å²) in [5.74, 6) is -0.616. The zero-order valence-corrected chi connectivity index (χ0v) is 10.9. The van der Waals surface area contributed by atoms with E-state index in [1.165, 1.54) is 12.1 Å². The Labute approximate surface area is 112 Å². The minimum atomic E-state index is -0.727. The Bertz CT molecular complexity index is 439. The van der Waals surface area contributed by atoms with Gasteiger partial charge in [0.25, 0.3) is 0 Å².